The third-order valence-electron chi connectivity index (χ3n) is 3.03. The predicted molar refractivity (Wildman–Crippen MR) is 89.5 cm³/mol. The Hall–Kier alpha value is -1.71. The first-order valence-electron chi connectivity index (χ1n) is 6.52. The average molecular weight is 323 g/mol. The number of aryl methyl sites for hydroxylation is 2. The highest BCUT2D eigenvalue weighted by Gasteiger charge is 2.07. The molecule has 0 aliphatic heterocycles. The van der Waals surface area contributed by atoms with Gasteiger partial charge in [0.15, 0.2) is 0 Å². The van der Waals surface area contributed by atoms with Gasteiger partial charge in [-0.15, -0.1) is 0 Å². The van der Waals surface area contributed by atoms with Gasteiger partial charge in [0.25, 0.3) is 0 Å². The Morgan fingerprint density at radius 2 is 1.81 bits per heavy atom. The smallest absolute Gasteiger partial charge is 0.243 e. The lowest BCUT2D eigenvalue weighted by atomic mass is 10.2. The number of halogens is 2. The van der Waals surface area contributed by atoms with Crippen molar-refractivity contribution < 1.29 is 4.79 Å². The fourth-order valence-corrected chi connectivity index (χ4v) is 2.23. The van der Waals surface area contributed by atoms with Crippen LogP contribution in [0.25, 0.3) is 0 Å². The molecule has 2 N–H and O–H groups in total. The van der Waals surface area contributed by atoms with E-state index in [1.807, 2.05) is 32.0 Å². The van der Waals surface area contributed by atoms with E-state index in [1.54, 1.807) is 18.2 Å². The summed E-state index contributed by atoms with van der Waals surface area (Å²) in [6, 6.07) is 11.0. The SMILES string of the molecule is Cc1ccc(Cl)c(NCC(=O)Nc2cc(Cl)ccc2C)c1. The van der Waals surface area contributed by atoms with Gasteiger partial charge in [-0.25, -0.2) is 0 Å². The number of hydrogen-bond donors (Lipinski definition) is 2. The van der Waals surface area contributed by atoms with Gasteiger partial charge in [0.05, 0.1) is 17.3 Å². The van der Waals surface area contributed by atoms with E-state index in [-0.39, 0.29) is 12.5 Å². The molecule has 5 heteroatoms. The maximum absolute atomic E-state index is 12.0. The molecule has 1 amide bonds. The zero-order chi connectivity index (χ0) is 15.4. The molecule has 0 aliphatic carbocycles. The molecule has 0 radical (unpaired) electrons. The van der Waals surface area contributed by atoms with Crippen molar-refractivity contribution in [2.45, 2.75) is 13.8 Å². The number of carbonyl (C=O) groups excluding carboxylic acids is 1. The van der Waals surface area contributed by atoms with Crippen molar-refractivity contribution in [1.29, 1.82) is 0 Å². The van der Waals surface area contributed by atoms with Gasteiger partial charge in [-0.2, -0.15) is 0 Å². The minimum absolute atomic E-state index is 0.134. The third-order valence-corrected chi connectivity index (χ3v) is 3.60. The number of anilines is 2. The molecule has 0 atom stereocenters. The van der Waals surface area contributed by atoms with Crippen LogP contribution in [0.1, 0.15) is 11.1 Å². The first kappa shape index (κ1) is 15.7. The van der Waals surface area contributed by atoms with Crippen molar-refractivity contribution >= 4 is 40.5 Å². The Bertz CT molecular complexity index is 671. The van der Waals surface area contributed by atoms with Crippen LogP contribution < -0.4 is 10.6 Å². The van der Waals surface area contributed by atoms with Crippen LogP contribution in [0.15, 0.2) is 36.4 Å². The minimum atomic E-state index is -0.155. The molecule has 21 heavy (non-hydrogen) atoms. The van der Waals surface area contributed by atoms with Crippen molar-refractivity contribution in [2.24, 2.45) is 0 Å². The Morgan fingerprint density at radius 1 is 1.05 bits per heavy atom. The predicted octanol–water partition coefficient (Wildman–Crippen LogP) is 4.66. The first-order chi connectivity index (χ1) is 9.95. The van der Waals surface area contributed by atoms with Crippen molar-refractivity contribution in [2.75, 3.05) is 17.2 Å². The van der Waals surface area contributed by atoms with Crippen LogP contribution in [0.4, 0.5) is 11.4 Å². The Kier molecular flexibility index (Phi) is 5.10. The molecule has 0 bridgehead atoms. The summed E-state index contributed by atoms with van der Waals surface area (Å²) in [6.07, 6.45) is 0. The number of benzene rings is 2. The molecule has 0 fully saturated rings. The van der Waals surface area contributed by atoms with Crippen molar-refractivity contribution in [1.82, 2.24) is 0 Å². The summed E-state index contributed by atoms with van der Waals surface area (Å²) in [5.74, 6) is -0.155. The van der Waals surface area contributed by atoms with Crippen molar-refractivity contribution in [3.05, 3.63) is 57.6 Å². The van der Waals surface area contributed by atoms with Gasteiger partial charge in [0.1, 0.15) is 0 Å². The molecular weight excluding hydrogens is 307 g/mol. The van der Waals surface area contributed by atoms with Crippen LogP contribution in [-0.4, -0.2) is 12.5 Å². The largest absolute Gasteiger partial charge is 0.375 e. The number of amides is 1. The van der Waals surface area contributed by atoms with E-state index in [9.17, 15) is 4.79 Å². The summed E-state index contributed by atoms with van der Waals surface area (Å²) in [7, 11) is 0. The number of nitrogens with one attached hydrogen (secondary N) is 2. The molecule has 0 aliphatic rings. The summed E-state index contributed by atoms with van der Waals surface area (Å²) < 4.78 is 0. The molecule has 2 aromatic rings. The van der Waals surface area contributed by atoms with E-state index in [2.05, 4.69) is 10.6 Å². The van der Waals surface area contributed by atoms with Gasteiger partial charge in [-0.05, 0) is 49.2 Å². The van der Waals surface area contributed by atoms with Crippen LogP contribution in [0.2, 0.25) is 10.0 Å². The monoisotopic (exact) mass is 322 g/mol. The number of hydrogen-bond acceptors (Lipinski definition) is 2. The maximum atomic E-state index is 12.0. The second-order valence-electron chi connectivity index (χ2n) is 4.84. The van der Waals surface area contributed by atoms with Gasteiger partial charge in [0.2, 0.25) is 5.91 Å². The van der Waals surface area contributed by atoms with E-state index in [0.29, 0.717) is 15.7 Å². The van der Waals surface area contributed by atoms with Crippen LogP contribution in [0, 0.1) is 13.8 Å². The highest BCUT2D eigenvalue weighted by atomic mass is 35.5. The lowest BCUT2D eigenvalue weighted by Crippen LogP contribution is -2.22. The Labute approximate surface area is 134 Å². The van der Waals surface area contributed by atoms with Crippen LogP contribution in [0.3, 0.4) is 0 Å². The number of carbonyl (C=O) groups is 1. The van der Waals surface area contributed by atoms with Crippen molar-refractivity contribution in [3.63, 3.8) is 0 Å². The molecule has 0 unspecified atom stereocenters. The zero-order valence-corrected chi connectivity index (χ0v) is 13.3. The summed E-state index contributed by atoms with van der Waals surface area (Å²) in [4.78, 5) is 12.0. The highest BCUT2D eigenvalue weighted by Crippen LogP contribution is 2.23. The van der Waals surface area contributed by atoms with Crippen LogP contribution in [0.5, 0.6) is 0 Å². The fourth-order valence-electron chi connectivity index (χ4n) is 1.87. The molecule has 3 nitrogen and oxygen atoms in total. The van der Waals surface area contributed by atoms with Crippen molar-refractivity contribution in [3.8, 4) is 0 Å². The summed E-state index contributed by atoms with van der Waals surface area (Å²) in [5.41, 5.74) is 3.49. The lowest BCUT2D eigenvalue weighted by molar-refractivity contribution is -0.114. The Morgan fingerprint density at radius 3 is 2.57 bits per heavy atom. The third kappa shape index (κ3) is 4.38. The standard InChI is InChI=1S/C16H16Cl2N2O/c1-10-3-6-13(18)15(7-10)19-9-16(21)20-14-8-12(17)5-4-11(14)2/h3-8,19H,9H2,1-2H3,(H,20,21). The van der Waals surface area contributed by atoms with Gasteiger partial charge in [0, 0.05) is 10.7 Å². The topological polar surface area (TPSA) is 41.1 Å². The van der Waals surface area contributed by atoms with Gasteiger partial charge in [-0.3, -0.25) is 4.79 Å². The van der Waals surface area contributed by atoms with Crippen LogP contribution >= 0.6 is 23.2 Å². The maximum Gasteiger partial charge on any atom is 0.243 e. The first-order valence-corrected chi connectivity index (χ1v) is 7.27. The van der Waals surface area contributed by atoms with E-state index in [4.69, 9.17) is 23.2 Å². The summed E-state index contributed by atoms with van der Waals surface area (Å²) in [5, 5.41) is 7.04. The number of rotatable bonds is 4. The van der Waals surface area contributed by atoms with E-state index in [1.165, 1.54) is 0 Å². The van der Waals surface area contributed by atoms with Gasteiger partial charge in [-0.1, -0.05) is 35.3 Å². The molecule has 0 heterocycles. The average Bonchev–Trinajstić information content (AvgIpc) is 2.44. The molecule has 0 saturated heterocycles. The fraction of sp³-hybridized carbons (Fsp3) is 0.188. The zero-order valence-electron chi connectivity index (χ0n) is 11.8. The molecular formula is C16H16Cl2N2O. The molecule has 2 aromatic carbocycles. The van der Waals surface area contributed by atoms with E-state index >= 15 is 0 Å². The van der Waals surface area contributed by atoms with E-state index in [0.717, 1.165) is 16.8 Å². The Balaban J connectivity index is 1.99. The molecule has 110 valence electrons. The van der Waals surface area contributed by atoms with E-state index < -0.39 is 0 Å². The summed E-state index contributed by atoms with van der Waals surface area (Å²) in [6.45, 7) is 4.02. The quantitative estimate of drug-likeness (QED) is 0.859. The molecule has 2 rings (SSSR count). The second-order valence-corrected chi connectivity index (χ2v) is 5.69. The van der Waals surface area contributed by atoms with Crippen LogP contribution in [-0.2, 0) is 4.79 Å². The molecule has 0 aromatic heterocycles. The summed E-state index contributed by atoms with van der Waals surface area (Å²) >= 11 is 12.0. The van der Waals surface area contributed by atoms with Gasteiger partial charge < -0.3 is 10.6 Å². The molecule has 0 spiro atoms. The minimum Gasteiger partial charge on any atom is -0.375 e. The lowest BCUT2D eigenvalue weighted by Gasteiger charge is -2.11. The molecule has 0 saturated carbocycles. The highest BCUT2D eigenvalue weighted by molar-refractivity contribution is 6.33. The normalized spacial score (nSPS) is 10.3. The van der Waals surface area contributed by atoms with Gasteiger partial charge >= 0.3 is 0 Å². The second kappa shape index (κ2) is 6.83.